The molecule has 1 amide bonds. The molecule has 0 atom stereocenters. The first-order valence-electron chi connectivity index (χ1n) is 10.2. The standard InChI is InChI=1S/C22H30FN5OS.HI/c1-26(2)21(29)16-25-22(24-9-8-20-7-4-14-30-20)28-12-10-27(11-13-28)17-18-5-3-6-19(23)15-18;/h3-7,14-15H,8-13,16-17H2,1-2H3,(H,24,25);1H. The fourth-order valence-electron chi connectivity index (χ4n) is 3.32. The van der Waals surface area contributed by atoms with Gasteiger partial charge >= 0.3 is 0 Å². The van der Waals surface area contributed by atoms with Gasteiger partial charge in [0, 0.05) is 58.2 Å². The molecule has 1 saturated heterocycles. The third-order valence-electron chi connectivity index (χ3n) is 5.06. The number of piperazine rings is 1. The SMILES string of the molecule is CN(C)C(=O)CN=C(NCCc1cccs1)N1CCN(Cc2cccc(F)c2)CC1.I. The molecule has 0 aliphatic carbocycles. The van der Waals surface area contributed by atoms with E-state index in [1.165, 1.54) is 10.9 Å². The van der Waals surface area contributed by atoms with Crippen LogP contribution >= 0.6 is 35.3 Å². The van der Waals surface area contributed by atoms with Gasteiger partial charge in [0.2, 0.25) is 5.91 Å². The lowest BCUT2D eigenvalue weighted by Gasteiger charge is -2.36. The van der Waals surface area contributed by atoms with Crippen molar-refractivity contribution in [2.45, 2.75) is 13.0 Å². The molecule has 6 nitrogen and oxygen atoms in total. The summed E-state index contributed by atoms with van der Waals surface area (Å²) in [6.45, 7) is 5.01. The highest BCUT2D eigenvalue weighted by Gasteiger charge is 2.20. The lowest BCUT2D eigenvalue weighted by molar-refractivity contribution is -0.127. The number of nitrogens with zero attached hydrogens (tertiary/aromatic N) is 4. The highest BCUT2D eigenvalue weighted by Crippen LogP contribution is 2.11. The van der Waals surface area contributed by atoms with Crippen LogP contribution in [0.15, 0.2) is 46.8 Å². The second kappa shape index (κ2) is 13.0. The molecule has 1 aliphatic rings. The molecule has 2 aromatic rings. The lowest BCUT2D eigenvalue weighted by atomic mass is 10.2. The molecule has 0 radical (unpaired) electrons. The second-order valence-electron chi connectivity index (χ2n) is 7.58. The van der Waals surface area contributed by atoms with Gasteiger partial charge < -0.3 is 15.1 Å². The molecule has 1 fully saturated rings. The average molecular weight is 559 g/mol. The Hall–Kier alpha value is -1.72. The maximum Gasteiger partial charge on any atom is 0.243 e. The quantitative estimate of drug-likeness (QED) is 0.322. The number of halogens is 2. The summed E-state index contributed by atoms with van der Waals surface area (Å²) in [5.74, 6) is 0.575. The van der Waals surface area contributed by atoms with Crippen molar-refractivity contribution in [2.75, 3.05) is 53.4 Å². The Morgan fingerprint density at radius 3 is 2.61 bits per heavy atom. The number of hydrogen-bond donors (Lipinski definition) is 1. The van der Waals surface area contributed by atoms with Crippen LogP contribution in [0.1, 0.15) is 10.4 Å². The summed E-state index contributed by atoms with van der Waals surface area (Å²) < 4.78 is 13.4. The van der Waals surface area contributed by atoms with Crippen LogP contribution < -0.4 is 5.32 Å². The molecule has 1 aromatic carbocycles. The highest BCUT2D eigenvalue weighted by molar-refractivity contribution is 14.0. The maximum absolute atomic E-state index is 13.4. The van der Waals surface area contributed by atoms with Gasteiger partial charge in [0.25, 0.3) is 0 Å². The number of carbonyl (C=O) groups excluding carboxylic acids is 1. The minimum atomic E-state index is -0.193. The first-order valence-corrected chi connectivity index (χ1v) is 11.1. The van der Waals surface area contributed by atoms with E-state index < -0.39 is 0 Å². The van der Waals surface area contributed by atoms with Gasteiger partial charge in [-0.15, -0.1) is 35.3 Å². The maximum atomic E-state index is 13.4. The third-order valence-corrected chi connectivity index (χ3v) is 6.00. The van der Waals surface area contributed by atoms with E-state index in [0.29, 0.717) is 0 Å². The van der Waals surface area contributed by atoms with Gasteiger partial charge in [-0.3, -0.25) is 9.69 Å². The molecule has 0 unspecified atom stereocenters. The molecule has 170 valence electrons. The molecule has 1 aliphatic heterocycles. The molecule has 0 spiro atoms. The molecule has 9 heteroatoms. The van der Waals surface area contributed by atoms with Crippen molar-refractivity contribution in [3.8, 4) is 0 Å². The number of benzene rings is 1. The minimum absolute atomic E-state index is 0. The van der Waals surface area contributed by atoms with Crippen LogP contribution in [0.25, 0.3) is 0 Å². The van der Waals surface area contributed by atoms with Crippen molar-refractivity contribution in [3.63, 3.8) is 0 Å². The monoisotopic (exact) mass is 559 g/mol. The van der Waals surface area contributed by atoms with Crippen molar-refractivity contribution in [1.82, 2.24) is 20.0 Å². The lowest BCUT2D eigenvalue weighted by Crippen LogP contribution is -2.52. The summed E-state index contributed by atoms with van der Waals surface area (Å²) in [4.78, 5) is 24.0. The topological polar surface area (TPSA) is 51.2 Å². The van der Waals surface area contributed by atoms with Crippen molar-refractivity contribution >= 4 is 47.2 Å². The van der Waals surface area contributed by atoms with Gasteiger partial charge in [0.05, 0.1) is 0 Å². The largest absolute Gasteiger partial charge is 0.356 e. The van der Waals surface area contributed by atoms with E-state index in [9.17, 15) is 9.18 Å². The van der Waals surface area contributed by atoms with E-state index in [1.807, 2.05) is 6.07 Å². The Labute approximate surface area is 205 Å². The first kappa shape index (κ1) is 25.5. The first-order chi connectivity index (χ1) is 14.5. The Balaban J connectivity index is 0.00000341. The van der Waals surface area contributed by atoms with E-state index in [0.717, 1.165) is 57.2 Å². The zero-order chi connectivity index (χ0) is 21.3. The van der Waals surface area contributed by atoms with Crippen molar-refractivity contribution < 1.29 is 9.18 Å². The van der Waals surface area contributed by atoms with E-state index in [2.05, 4.69) is 37.6 Å². The second-order valence-corrected chi connectivity index (χ2v) is 8.61. The van der Waals surface area contributed by atoms with Gasteiger partial charge in [-0.25, -0.2) is 9.38 Å². The summed E-state index contributed by atoms with van der Waals surface area (Å²) in [5, 5.41) is 5.52. The average Bonchev–Trinajstić information content (AvgIpc) is 3.24. The van der Waals surface area contributed by atoms with Crippen LogP contribution in [0.4, 0.5) is 4.39 Å². The molecule has 3 rings (SSSR count). The molecule has 31 heavy (non-hydrogen) atoms. The number of guanidine groups is 1. The number of amides is 1. The number of nitrogens with one attached hydrogen (secondary N) is 1. The number of carbonyl (C=O) groups is 1. The van der Waals surface area contributed by atoms with Crippen LogP contribution in [0.5, 0.6) is 0 Å². The molecule has 0 saturated carbocycles. The zero-order valence-electron chi connectivity index (χ0n) is 18.1. The summed E-state index contributed by atoms with van der Waals surface area (Å²) >= 11 is 1.75. The van der Waals surface area contributed by atoms with Gasteiger partial charge in [0.1, 0.15) is 12.4 Å². The number of likely N-dealkylation sites (N-methyl/N-ethyl adjacent to an activating group) is 1. The fraction of sp³-hybridized carbons (Fsp3) is 0.455. The van der Waals surface area contributed by atoms with Crippen LogP contribution in [-0.4, -0.2) is 79.9 Å². The molecular weight excluding hydrogens is 528 g/mol. The predicted octanol–water partition coefficient (Wildman–Crippen LogP) is 2.90. The van der Waals surface area contributed by atoms with Crippen molar-refractivity contribution in [3.05, 3.63) is 58.0 Å². The minimum Gasteiger partial charge on any atom is -0.356 e. The van der Waals surface area contributed by atoms with Crippen LogP contribution in [-0.2, 0) is 17.8 Å². The highest BCUT2D eigenvalue weighted by atomic mass is 127. The van der Waals surface area contributed by atoms with E-state index in [4.69, 9.17) is 0 Å². The van der Waals surface area contributed by atoms with E-state index in [-0.39, 0.29) is 42.2 Å². The summed E-state index contributed by atoms with van der Waals surface area (Å²) in [5.41, 5.74) is 0.989. The van der Waals surface area contributed by atoms with Crippen molar-refractivity contribution in [2.24, 2.45) is 4.99 Å². The molecule has 1 N–H and O–H groups in total. The summed E-state index contributed by atoms with van der Waals surface area (Å²) in [6, 6.07) is 11.0. The molecule has 2 heterocycles. The predicted molar refractivity (Wildman–Crippen MR) is 136 cm³/mol. The smallest absolute Gasteiger partial charge is 0.243 e. The van der Waals surface area contributed by atoms with Crippen LogP contribution in [0.2, 0.25) is 0 Å². The van der Waals surface area contributed by atoms with E-state index in [1.54, 1.807) is 42.5 Å². The zero-order valence-corrected chi connectivity index (χ0v) is 21.2. The number of thiophene rings is 1. The van der Waals surface area contributed by atoms with Crippen LogP contribution in [0, 0.1) is 5.82 Å². The van der Waals surface area contributed by atoms with Gasteiger partial charge in [-0.2, -0.15) is 0 Å². The summed E-state index contributed by atoms with van der Waals surface area (Å²) in [6.07, 6.45) is 0.928. The molecule has 0 bridgehead atoms. The van der Waals surface area contributed by atoms with Gasteiger partial charge in [0.15, 0.2) is 5.96 Å². The molecular formula is C22H31FIN5OS. The Bertz CT molecular complexity index is 838. The fourth-order valence-corrected chi connectivity index (χ4v) is 4.02. The normalized spacial score (nSPS) is 14.8. The van der Waals surface area contributed by atoms with Gasteiger partial charge in [-0.05, 0) is 35.6 Å². The van der Waals surface area contributed by atoms with E-state index >= 15 is 0 Å². The Kier molecular flexibility index (Phi) is 10.7. The van der Waals surface area contributed by atoms with Gasteiger partial charge in [-0.1, -0.05) is 18.2 Å². The summed E-state index contributed by atoms with van der Waals surface area (Å²) in [7, 11) is 3.49. The molecule has 1 aromatic heterocycles. The number of rotatable bonds is 7. The number of aliphatic imine (C=N–C) groups is 1. The Morgan fingerprint density at radius 2 is 1.97 bits per heavy atom. The number of hydrogen-bond acceptors (Lipinski definition) is 4. The van der Waals surface area contributed by atoms with Crippen LogP contribution in [0.3, 0.4) is 0 Å². The van der Waals surface area contributed by atoms with Crippen molar-refractivity contribution in [1.29, 1.82) is 0 Å². The third kappa shape index (κ3) is 8.38. The Morgan fingerprint density at radius 1 is 1.19 bits per heavy atom.